The van der Waals surface area contributed by atoms with E-state index in [1.54, 1.807) is 12.1 Å². The fraction of sp³-hybridized carbons (Fsp3) is 0.500. The van der Waals surface area contributed by atoms with E-state index in [1.165, 1.54) is 0 Å². The van der Waals surface area contributed by atoms with Gasteiger partial charge < -0.3 is 10.4 Å². The van der Waals surface area contributed by atoms with E-state index >= 15 is 0 Å². The highest BCUT2D eigenvalue weighted by Crippen LogP contribution is 2.35. The molecule has 0 aromatic heterocycles. The van der Waals surface area contributed by atoms with Gasteiger partial charge in [-0.3, -0.25) is 0 Å². The second kappa shape index (κ2) is 5.79. The van der Waals surface area contributed by atoms with Gasteiger partial charge in [0.15, 0.2) is 0 Å². The van der Waals surface area contributed by atoms with Gasteiger partial charge in [0.2, 0.25) is 0 Å². The SMILES string of the molecule is O[C@H]1CCCC[C@@H]1Nc1c(Cl)cc(Br)cc1Cl. The summed E-state index contributed by atoms with van der Waals surface area (Å²) in [6.45, 7) is 0. The van der Waals surface area contributed by atoms with Gasteiger partial charge in [0.25, 0.3) is 0 Å². The summed E-state index contributed by atoms with van der Waals surface area (Å²) in [5, 5.41) is 14.3. The Labute approximate surface area is 119 Å². The Balaban J connectivity index is 2.17. The second-order valence-corrected chi connectivity index (χ2v) is 6.08. The monoisotopic (exact) mass is 337 g/mol. The molecular weight excluding hydrogens is 325 g/mol. The van der Waals surface area contributed by atoms with Crippen molar-refractivity contribution in [2.45, 2.75) is 37.8 Å². The fourth-order valence-corrected chi connectivity index (χ4v) is 3.46. The predicted octanol–water partition coefficient (Wildman–Crippen LogP) is 4.47. The van der Waals surface area contributed by atoms with E-state index in [-0.39, 0.29) is 12.1 Å². The normalized spacial score (nSPS) is 24.7. The summed E-state index contributed by atoms with van der Waals surface area (Å²) in [7, 11) is 0. The standard InChI is InChI=1S/C12H14BrCl2NO/c13-7-5-8(14)12(9(15)6-7)16-10-3-1-2-4-11(10)17/h5-6,10-11,16-17H,1-4H2/t10-,11-/m0/s1. The molecule has 1 saturated carbocycles. The maximum Gasteiger partial charge on any atom is 0.0741 e. The molecule has 0 amide bonds. The third-order valence-corrected chi connectivity index (χ3v) is 4.12. The van der Waals surface area contributed by atoms with E-state index in [1.807, 2.05) is 0 Å². The van der Waals surface area contributed by atoms with Crippen molar-refractivity contribution < 1.29 is 5.11 Å². The summed E-state index contributed by atoms with van der Waals surface area (Å²) >= 11 is 15.6. The second-order valence-electron chi connectivity index (χ2n) is 4.35. The lowest BCUT2D eigenvalue weighted by molar-refractivity contribution is 0.116. The largest absolute Gasteiger partial charge is 0.391 e. The summed E-state index contributed by atoms with van der Waals surface area (Å²) < 4.78 is 0.849. The van der Waals surface area contributed by atoms with Gasteiger partial charge in [-0.1, -0.05) is 52.0 Å². The zero-order valence-electron chi connectivity index (χ0n) is 9.22. The van der Waals surface area contributed by atoms with Crippen molar-refractivity contribution in [1.29, 1.82) is 0 Å². The highest BCUT2D eigenvalue weighted by atomic mass is 79.9. The Bertz CT molecular complexity index is 390. The molecular formula is C12H14BrCl2NO. The van der Waals surface area contributed by atoms with Gasteiger partial charge in [0.1, 0.15) is 0 Å². The molecule has 1 aliphatic rings. The zero-order chi connectivity index (χ0) is 12.4. The van der Waals surface area contributed by atoms with Crippen LogP contribution in [0, 0.1) is 0 Å². The minimum absolute atomic E-state index is 0.0416. The van der Waals surface area contributed by atoms with E-state index in [9.17, 15) is 5.11 Å². The molecule has 5 heteroatoms. The molecule has 2 rings (SSSR count). The molecule has 2 nitrogen and oxygen atoms in total. The fourth-order valence-electron chi connectivity index (χ4n) is 2.15. The zero-order valence-corrected chi connectivity index (χ0v) is 12.3. The summed E-state index contributed by atoms with van der Waals surface area (Å²) in [6, 6.07) is 3.63. The van der Waals surface area contributed by atoms with E-state index in [0.29, 0.717) is 15.7 Å². The number of hydrogen-bond acceptors (Lipinski definition) is 2. The predicted molar refractivity (Wildman–Crippen MR) is 76.0 cm³/mol. The highest BCUT2D eigenvalue weighted by molar-refractivity contribution is 9.10. The first-order valence-electron chi connectivity index (χ1n) is 5.67. The van der Waals surface area contributed by atoms with Gasteiger partial charge in [-0.15, -0.1) is 0 Å². The molecule has 2 atom stereocenters. The van der Waals surface area contributed by atoms with Crippen molar-refractivity contribution in [3.63, 3.8) is 0 Å². The van der Waals surface area contributed by atoms with Crippen LogP contribution in [-0.2, 0) is 0 Å². The first kappa shape index (κ1) is 13.5. The van der Waals surface area contributed by atoms with E-state index in [2.05, 4.69) is 21.2 Å². The Kier molecular flexibility index (Phi) is 4.59. The van der Waals surface area contributed by atoms with Crippen LogP contribution in [0.1, 0.15) is 25.7 Å². The molecule has 0 bridgehead atoms. The van der Waals surface area contributed by atoms with Crippen LogP contribution in [0.4, 0.5) is 5.69 Å². The average Bonchev–Trinajstić information content (AvgIpc) is 2.25. The van der Waals surface area contributed by atoms with Crippen LogP contribution in [0.2, 0.25) is 10.0 Å². The van der Waals surface area contributed by atoms with E-state index < -0.39 is 0 Å². The molecule has 0 spiro atoms. The van der Waals surface area contributed by atoms with Crippen LogP contribution in [0.3, 0.4) is 0 Å². The summed E-state index contributed by atoms with van der Waals surface area (Å²) in [4.78, 5) is 0. The number of rotatable bonds is 2. The van der Waals surface area contributed by atoms with Crippen LogP contribution in [-0.4, -0.2) is 17.3 Å². The quantitative estimate of drug-likeness (QED) is 0.833. The summed E-state index contributed by atoms with van der Waals surface area (Å²) in [5.41, 5.74) is 0.711. The maximum atomic E-state index is 9.91. The van der Waals surface area contributed by atoms with Crippen LogP contribution < -0.4 is 5.32 Å². The lowest BCUT2D eigenvalue weighted by Crippen LogP contribution is -2.36. The third kappa shape index (κ3) is 3.28. The molecule has 1 aliphatic carbocycles. The molecule has 0 heterocycles. The van der Waals surface area contributed by atoms with Crippen molar-refractivity contribution in [2.24, 2.45) is 0 Å². The lowest BCUT2D eigenvalue weighted by Gasteiger charge is -2.29. The third-order valence-electron chi connectivity index (χ3n) is 3.07. The Morgan fingerprint density at radius 1 is 1.18 bits per heavy atom. The van der Waals surface area contributed by atoms with Gasteiger partial charge >= 0.3 is 0 Å². The van der Waals surface area contributed by atoms with Crippen LogP contribution in [0.5, 0.6) is 0 Å². The maximum absolute atomic E-state index is 9.91. The van der Waals surface area contributed by atoms with E-state index in [0.717, 1.165) is 30.2 Å². The number of halogens is 3. The lowest BCUT2D eigenvalue weighted by atomic mass is 9.92. The minimum atomic E-state index is -0.320. The minimum Gasteiger partial charge on any atom is -0.391 e. The van der Waals surface area contributed by atoms with Gasteiger partial charge in [-0.25, -0.2) is 0 Å². The Morgan fingerprint density at radius 2 is 1.76 bits per heavy atom. The Hall–Kier alpha value is 0.0400. The van der Waals surface area contributed by atoms with Crippen LogP contribution in [0.15, 0.2) is 16.6 Å². The number of aliphatic hydroxyl groups excluding tert-OH is 1. The van der Waals surface area contributed by atoms with Crippen molar-refractivity contribution in [1.82, 2.24) is 0 Å². The molecule has 0 radical (unpaired) electrons. The van der Waals surface area contributed by atoms with Gasteiger partial charge in [-0.05, 0) is 25.0 Å². The molecule has 17 heavy (non-hydrogen) atoms. The highest BCUT2D eigenvalue weighted by Gasteiger charge is 2.24. The van der Waals surface area contributed by atoms with Gasteiger partial charge in [-0.2, -0.15) is 0 Å². The number of benzene rings is 1. The van der Waals surface area contributed by atoms with Crippen LogP contribution in [0.25, 0.3) is 0 Å². The first-order chi connectivity index (χ1) is 8.08. The first-order valence-corrected chi connectivity index (χ1v) is 7.22. The molecule has 1 fully saturated rings. The van der Waals surface area contributed by atoms with Crippen molar-refractivity contribution in [3.05, 3.63) is 26.7 Å². The smallest absolute Gasteiger partial charge is 0.0741 e. The molecule has 0 saturated heterocycles. The molecule has 0 unspecified atom stereocenters. The van der Waals surface area contributed by atoms with Crippen LogP contribution >= 0.6 is 39.1 Å². The number of aliphatic hydroxyl groups is 1. The van der Waals surface area contributed by atoms with Crippen molar-refractivity contribution in [2.75, 3.05) is 5.32 Å². The average molecular weight is 339 g/mol. The number of hydrogen-bond donors (Lipinski definition) is 2. The van der Waals surface area contributed by atoms with Gasteiger partial charge in [0, 0.05) is 4.47 Å². The summed E-state index contributed by atoms with van der Waals surface area (Å²) in [6.07, 6.45) is 3.68. The van der Waals surface area contributed by atoms with Crippen molar-refractivity contribution >= 4 is 44.8 Å². The molecule has 94 valence electrons. The number of nitrogens with one attached hydrogen (secondary N) is 1. The molecule has 2 N–H and O–H groups in total. The topological polar surface area (TPSA) is 32.3 Å². The molecule has 0 aliphatic heterocycles. The van der Waals surface area contributed by atoms with Gasteiger partial charge in [0.05, 0.1) is 27.9 Å². The number of anilines is 1. The Morgan fingerprint density at radius 3 is 2.35 bits per heavy atom. The molecule has 1 aromatic carbocycles. The summed E-state index contributed by atoms with van der Waals surface area (Å²) in [5.74, 6) is 0. The van der Waals surface area contributed by atoms with Crippen molar-refractivity contribution in [3.8, 4) is 0 Å². The van der Waals surface area contributed by atoms with E-state index in [4.69, 9.17) is 23.2 Å². The molecule has 1 aromatic rings.